The van der Waals surface area contributed by atoms with Gasteiger partial charge in [0, 0.05) is 20.1 Å². The fourth-order valence-corrected chi connectivity index (χ4v) is 10.2. The Kier molecular flexibility index (Phi) is 8.81. The zero-order valence-corrected chi connectivity index (χ0v) is 27.6. The summed E-state index contributed by atoms with van der Waals surface area (Å²) >= 11 is 11.2. The largest absolute Gasteiger partial charge is 0.491 e. The van der Waals surface area contributed by atoms with Gasteiger partial charge in [0.05, 0.1) is 27.4 Å². The summed E-state index contributed by atoms with van der Waals surface area (Å²) in [6, 6.07) is 23.5. The van der Waals surface area contributed by atoms with E-state index in [4.69, 9.17) is 23.4 Å². The van der Waals surface area contributed by atoms with Crippen LogP contribution in [0, 0.1) is 10.2 Å². The van der Waals surface area contributed by atoms with Gasteiger partial charge in [-0.1, -0.05) is 86.8 Å². The maximum absolute atomic E-state index is 8.49. The Balaban J connectivity index is 0.000000585. The highest BCUT2D eigenvalue weighted by molar-refractivity contribution is 9.10. The molecule has 216 valence electrons. The van der Waals surface area contributed by atoms with Gasteiger partial charge < -0.3 is 9.64 Å². The number of anilines is 1. The smallest absolute Gasteiger partial charge is 0.282 e. The summed E-state index contributed by atoms with van der Waals surface area (Å²) in [5.41, 5.74) is 1.23. The molecule has 13 heteroatoms. The van der Waals surface area contributed by atoms with Crippen molar-refractivity contribution in [3.8, 4) is 5.75 Å². The van der Waals surface area contributed by atoms with Crippen LogP contribution in [0.4, 0.5) is 5.69 Å². The number of benzene rings is 3. The zero-order valence-electron chi connectivity index (χ0n) is 22.0. The molecule has 42 heavy (non-hydrogen) atoms. The van der Waals surface area contributed by atoms with Crippen LogP contribution in [0.5, 0.6) is 5.75 Å². The number of aryl methyl sites for hydroxylation is 1. The van der Waals surface area contributed by atoms with E-state index in [1.807, 2.05) is 45.8 Å². The average molecular weight is 722 g/mol. The molecule has 1 aliphatic heterocycles. The number of thioether (sulfide) groups is 1. The standard InChI is InChI=1S/C29H22BrN2OS4.ClHO4/c1-2-31-25(36-27-21-12-15-34-29(21)37-28(27)31)17-26-32(22-16-19(30)10-11-24(22)35-26)13-14-33-23-9-5-7-18-6-3-4-8-20(18)23;2-1(3,4)5/h3-12,15-17H,2,13-14H2,1H3;(H,2,3,4,5)/q+1;/p-1. The molecule has 0 unspecified atom stereocenters. The summed E-state index contributed by atoms with van der Waals surface area (Å²) in [6.45, 7) is 4.57. The minimum absolute atomic E-state index is 0.598. The predicted molar refractivity (Wildman–Crippen MR) is 166 cm³/mol. The third kappa shape index (κ3) is 6.34. The van der Waals surface area contributed by atoms with Gasteiger partial charge in [-0.3, -0.25) is 0 Å². The van der Waals surface area contributed by atoms with E-state index in [9.17, 15) is 0 Å². The first-order valence-electron chi connectivity index (χ1n) is 12.7. The summed E-state index contributed by atoms with van der Waals surface area (Å²) in [7, 11) is -4.94. The van der Waals surface area contributed by atoms with E-state index in [2.05, 4.69) is 111 Å². The molecular formula is C29H22BrClN2O5S4. The summed E-state index contributed by atoms with van der Waals surface area (Å²) in [5.74, 6) is 0.937. The third-order valence-electron chi connectivity index (χ3n) is 6.55. The van der Waals surface area contributed by atoms with Crippen molar-refractivity contribution < 1.29 is 38.2 Å². The zero-order chi connectivity index (χ0) is 29.4. The monoisotopic (exact) mass is 720 g/mol. The number of thiazole rings is 1. The molecule has 3 aromatic carbocycles. The number of halogens is 2. The lowest BCUT2D eigenvalue weighted by Gasteiger charge is -2.21. The molecule has 0 saturated heterocycles. The van der Waals surface area contributed by atoms with Crippen molar-refractivity contribution in [2.24, 2.45) is 0 Å². The van der Waals surface area contributed by atoms with Gasteiger partial charge in [-0.2, -0.15) is 4.57 Å². The highest BCUT2D eigenvalue weighted by atomic mass is 79.9. The maximum atomic E-state index is 8.49. The van der Waals surface area contributed by atoms with Gasteiger partial charge in [0.25, 0.3) is 9.84 Å². The minimum atomic E-state index is -4.94. The fourth-order valence-electron chi connectivity index (χ4n) is 4.82. The second-order valence-electron chi connectivity index (χ2n) is 9.09. The van der Waals surface area contributed by atoms with E-state index in [0.717, 1.165) is 28.7 Å². The highest BCUT2D eigenvalue weighted by Gasteiger charge is 2.29. The fraction of sp³-hybridized carbons (Fsp3) is 0.138. The van der Waals surface area contributed by atoms with E-state index in [-0.39, 0.29) is 0 Å². The number of fused-ring (bicyclic) bond motifs is 5. The Labute approximate surface area is 268 Å². The van der Waals surface area contributed by atoms with Crippen molar-refractivity contribution in [2.75, 3.05) is 18.1 Å². The molecule has 0 bridgehead atoms. The van der Waals surface area contributed by atoms with Crippen LogP contribution in [0.1, 0.15) is 11.9 Å². The predicted octanol–water partition coefficient (Wildman–Crippen LogP) is 4.63. The lowest BCUT2D eigenvalue weighted by atomic mass is 10.1. The number of thiophene rings is 2. The lowest BCUT2D eigenvalue weighted by molar-refractivity contribution is -2.00. The van der Waals surface area contributed by atoms with E-state index in [1.54, 1.807) is 0 Å². The van der Waals surface area contributed by atoms with Crippen LogP contribution in [0.2, 0.25) is 0 Å². The SMILES string of the molecule is CC[n+]1c(C=C2Sc3ccc(Br)cc3N2CCOc2cccc3ccccc23)sc2c3ccsc3sc21.[O-][Cl+3]([O-])([O-])[O-]. The van der Waals surface area contributed by atoms with Gasteiger partial charge in [0.1, 0.15) is 23.6 Å². The topological polar surface area (TPSA) is 109 Å². The number of nitrogens with zero attached hydrogens (tertiary/aromatic N) is 2. The summed E-state index contributed by atoms with van der Waals surface area (Å²) < 4.78 is 46.7. The molecule has 0 spiro atoms. The van der Waals surface area contributed by atoms with Crippen molar-refractivity contribution in [3.63, 3.8) is 0 Å². The lowest BCUT2D eigenvalue weighted by Crippen LogP contribution is -2.68. The summed E-state index contributed by atoms with van der Waals surface area (Å²) in [4.78, 5) is 5.07. The van der Waals surface area contributed by atoms with Crippen LogP contribution < -0.4 is 32.8 Å². The van der Waals surface area contributed by atoms with Gasteiger partial charge in [0.2, 0.25) is 0 Å². The molecule has 0 amide bonds. The molecule has 1 aliphatic rings. The van der Waals surface area contributed by atoms with E-state index in [0.29, 0.717) is 6.61 Å². The molecule has 4 heterocycles. The van der Waals surface area contributed by atoms with Crippen molar-refractivity contribution >= 4 is 103 Å². The Morgan fingerprint density at radius 2 is 1.76 bits per heavy atom. The molecule has 0 fully saturated rings. The molecule has 0 radical (unpaired) electrons. The Morgan fingerprint density at radius 1 is 0.976 bits per heavy atom. The van der Waals surface area contributed by atoms with E-state index in [1.165, 1.54) is 44.9 Å². The Hall–Kier alpha value is -2.23. The van der Waals surface area contributed by atoms with Crippen molar-refractivity contribution in [1.29, 1.82) is 0 Å². The normalized spacial score (nSPS) is 14.1. The molecular weight excluding hydrogens is 700 g/mol. The van der Waals surface area contributed by atoms with Crippen LogP contribution in [-0.2, 0) is 6.54 Å². The molecule has 0 atom stereocenters. The van der Waals surface area contributed by atoms with Crippen LogP contribution in [-0.4, -0.2) is 13.2 Å². The summed E-state index contributed by atoms with van der Waals surface area (Å²) in [5, 5.41) is 8.50. The maximum Gasteiger partial charge on any atom is 0.282 e. The number of rotatable bonds is 6. The van der Waals surface area contributed by atoms with Crippen LogP contribution in [0.25, 0.3) is 35.8 Å². The molecule has 0 aliphatic carbocycles. The van der Waals surface area contributed by atoms with Crippen molar-refractivity contribution in [1.82, 2.24) is 0 Å². The average Bonchev–Trinajstić information content (AvgIpc) is 3.69. The van der Waals surface area contributed by atoms with Crippen molar-refractivity contribution in [3.05, 3.63) is 86.6 Å². The minimum Gasteiger partial charge on any atom is -0.491 e. The van der Waals surface area contributed by atoms with Gasteiger partial charge in [0.15, 0.2) is 0 Å². The van der Waals surface area contributed by atoms with Gasteiger partial charge >= 0.3 is 0 Å². The van der Waals surface area contributed by atoms with Crippen LogP contribution in [0.15, 0.2) is 86.5 Å². The second-order valence-corrected chi connectivity index (χ2v) is 15.0. The molecule has 0 saturated carbocycles. The van der Waals surface area contributed by atoms with Gasteiger partial charge in [-0.25, -0.2) is 18.6 Å². The Bertz CT molecular complexity index is 1920. The van der Waals surface area contributed by atoms with E-state index >= 15 is 0 Å². The molecule has 7 nitrogen and oxygen atoms in total. The molecule has 6 aromatic rings. The van der Waals surface area contributed by atoms with Crippen LogP contribution >= 0.6 is 61.7 Å². The quantitative estimate of drug-likeness (QED) is 0.231. The van der Waals surface area contributed by atoms with Gasteiger partial charge in [-0.05, 0) is 48.0 Å². The first-order chi connectivity index (χ1) is 20.2. The van der Waals surface area contributed by atoms with E-state index < -0.39 is 10.2 Å². The Morgan fingerprint density at radius 3 is 2.57 bits per heavy atom. The first kappa shape index (κ1) is 29.8. The molecule has 7 rings (SSSR count). The van der Waals surface area contributed by atoms with Gasteiger partial charge in [-0.15, -0.1) is 21.6 Å². The number of aromatic nitrogens is 1. The number of hydrogen-bond acceptors (Lipinski definition) is 10. The molecule has 3 aromatic heterocycles. The number of hydrogen-bond donors (Lipinski definition) is 0. The first-order valence-corrected chi connectivity index (χ1v) is 18.1. The second kappa shape index (κ2) is 12.4. The number of ether oxygens (including phenoxy) is 1. The van der Waals surface area contributed by atoms with Crippen molar-refractivity contribution in [2.45, 2.75) is 18.4 Å². The highest BCUT2D eigenvalue weighted by Crippen LogP contribution is 2.48. The third-order valence-corrected chi connectivity index (χ3v) is 11.7. The van der Waals surface area contributed by atoms with Crippen LogP contribution in [0.3, 0.4) is 0 Å². The summed E-state index contributed by atoms with van der Waals surface area (Å²) in [6.07, 6.45) is 2.37. The molecule has 0 N–H and O–H groups in total.